The Hall–Kier alpha value is -0.530. The predicted octanol–water partition coefficient (Wildman–Crippen LogP) is 4.04. The quantitative estimate of drug-likeness (QED) is 0.690. The van der Waals surface area contributed by atoms with Crippen molar-refractivity contribution in [3.63, 3.8) is 0 Å². The van der Waals surface area contributed by atoms with Crippen molar-refractivity contribution in [3.05, 3.63) is 0 Å². The first-order valence-electron chi connectivity index (χ1n) is 7.48. The van der Waals surface area contributed by atoms with Crippen LogP contribution in [-0.2, 0) is 9.53 Å². The van der Waals surface area contributed by atoms with Crippen LogP contribution in [0.15, 0.2) is 0 Å². The largest absolute Gasteiger partial charge is 0.466 e. The average Bonchev–Trinajstić information content (AvgIpc) is 2.91. The van der Waals surface area contributed by atoms with Crippen molar-refractivity contribution in [1.82, 2.24) is 0 Å². The van der Waals surface area contributed by atoms with Crippen molar-refractivity contribution in [2.45, 2.75) is 60.3 Å². The molecule has 2 saturated carbocycles. The van der Waals surface area contributed by atoms with Gasteiger partial charge in [-0.15, -0.1) is 0 Å². The number of carbonyl (C=O) groups is 1. The molecule has 0 aromatic carbocycles. The van der Waals surface area contributed by atoms with E-state index in [4.69, 9.17) is 4.74 Å². The smallest absolute Gasteiger partial charge is 0.305 e. The average molecular weight is 252 g/mol. The number of hydrogen-bond donors (Lipinski definition) is 0. The zero-order chi connectivity index (χ0) is 13.6. The Balaban J connectivity index is 1.87. The fraction of sp³-hybridized carbons (Fsp3) is 0.938. The summed E-state index contributed by atoms with van der Waals surface area (Å²) in [5.41, 5.74) is 1.02. The minimum atomic E-state index is -0.0310. The summed E-state index contributed by atoms with van der Waals surface area (Å²) in [6, 6.07) is 0. The van der Waals surface area contributed by atoms with Gasteiger partial charge in [0.15, 0.2) is 0 Å². The number of esters is 1. The van der Waals surface area contributed by atoms with E-state index in [1.807, 2.05) is 6.92 Å². The van der Waals surface area contributed by atoms with Gasteiger partial charge in [-0.05, 0) is 54.8 Å². The molecule has 0 aromatic heterocycles. The van der Waals surface area contributed by atoms with Crippen LogP contribution >= 0.6 is 0 Å². The molecule has 0 bridgehead atoms. The molecule has 104 valence electrons. The lowest BCUT2D eigenvalue weighted by Crippen LogP contribution is -2.32. The van der Waals surface area contributed by atoms with Gasteiger partial charge in [-0.3, -0.25) is 4.79 Å². The number of rotatable bonds is 5. The number of carbonyl (C=O) groups excluding carboxylic acids is 1. The normalized spacial score (nSPS) is 38.1. The summed E-state index contributed by atoms with van der Waals surface area (Å²) in [6.07, 6.45) is 4.35. The van der Waals surface area contributed by atoms with Gasteiger partial charge in [0.2, 0.25) is 0 Å². The van der Waals surface area contributed by atoms with Crippen LogP contribution in [0.4, 0.5) is 0 Å². The van der Waals surface area contributed by atoms with Gasteiger partial charge in [-0.2, -0.15) is 0 Å². The summed E-state index contributed by atoms with van der Waals surface area (Å²) in [7, 11) is 0. The van der Waals surface area contributed by atoms with Crippen molar-refractivity contribution in [2.24, 2.45) is 28.6 Å². The molecule has 0 N–H and O–H groups in total. The van der Waals surface area contributed by atoms with E-state index < -0.39 is 0 Å². The Kier molecular flexibility index (Phi) is 3.50. The summed E-state index contributed by atoms with van der Waals surface area (Å²) < 4.78 is 5.02. The van der Waals surface area contributed by atoms with Crippen LogP contribution in [0, 0.1) is 28.6 Å². The van der Waals surface area contributed by atoms with Crippen LogP contribution in [0.5, 0.6) is 0 Å². The first kappa shape index (κ1) is 13.9. The number of ether oxygens (including phenoxy) is 1. The minimum absolute atomic E-state index is 0.0310. The third-order valence-electron chi connectivity index (χ3n) is 6.14. The zero-order valence-electron chi connectivity index (χ0n) is 12.6. The molecule has 0 aliphatic heterocycles. The van der Waals surface area contributed by atoms with Crippen LogP contribution < -0.4 is 0 Å². The van der Waals surface area contributed by atoms with Crippen LogP contribution in [-0.4, -0.2) is 12.6 Å². The Bertz CT molecular complexity index is 334. The van der Waals surface area contributed by atoms with E-state index in [9.17, 15) is 4.79 Å². The lowest BCUT2D eigenvalue weighted by atomic mass is 9.66. The van der Waals surface area contributed by atoms with E-state index in [1.54, 1.807) is 0 Å². The lowest BCUT2D eigenvalue weighted by molar-refractivity contribution is -0.143. The Morgan fingerprint density at radius 1 is 1.39 bits per heavy atom. The standard InChI is InChI=1S/C16H28O2/c1-6-18-14(17)8-7-11(2)13-9-12-10-16(12,5)15(13,3)4/h11-13H,6-10H2,1-5H3/t11?,12?,13?,16-/m0/s1. The third-order valence-corrected chi connectivity index (χ3v) is 6.14. The molecule has 2 heteroatoms. The Morgan fingerprint density at radius 2 is 2.06 bits per heavy atom. The van der Waals surface area contributed by atoms with Gasteiger partial charge in [0, 0.05) is 6.42 Å². The van der Waals surface area contributed by atoms with E-state index in [-0.39, 0.29) is 5.97 Å². The van der Waals surface area contributed by atoms with Crippen molar-refractivity contribution in [1.29, 1.82) is 0 Å². The molecular formula is C16H28O2. The maximum atomic E-state index is 11.4. The zero-order valence-corrected chi connectivity index (χ0v) is 12.6. The summed E-state index contributed by atoms with van der Waals surface area (Å²) in [5.74, 6) is 2.32. The SMILES string of the molecule is CCOC(=O)CCC(C)C1CC2C[C@]2(C)C1(C)C. The highest BCUT2D eigenvalue weighted by Crippen LogP contribution is 2.75. The molecule has 2 fully saturated rings. The fourth-order valence-electron chi connectivity index (χ4n) is 4.33. The number of hydrogen-bond acceptors (Lipinski definition) is 2. The van der Waals surface area contributed by atoms with Crippen LogP contribution in [0.2, 0.25) is 0 Å². The van der Waals surface area contributed by atoms with Gasteiger partial charge >= 0.3 is 5.97 Å². The van der Waals surface area contributed by atoms with Gasteiger partial charge in [0.05, 0.1) is 6.61 Å². The van der Waals surface area contributed by atoms with E-state index in [1.165, 1.54) is 12.8 Å². The van der Waals surface area contributed by atoms with Crippen molar-refractivity contribution >= 4 is 5.97 Å². The highest BCUT2D eigenvalue weighted by molar-refractivity contribution is 5.69. The predicted molar refractivity (Wildman–Crippen MR) is 73.1 cm³/mol. The molecule has 4 atom stereocenters. The van der Waals surface area contributed by atoms with Crippen LogP contribution in [0.3, 0.4) is 0 Å². The molecule has 0 spiro atoms. The second kappa shape index (κ2) is 4.54. The molecule has 2 nitrogen and oxygen atoms in total. The molecule has 2 aliphatic rings. The second-order valence-electron chi connectivity index (χ2n) is 7.20. The second-order valence-corrected chi connectivity index (χ2v) is 7.20. The maximum absolute atomic E-state index is 11.4. The summed E-state index contributed by atoms with van der Waals surface area (Å²) in [5, 5.41) is 0. The lowest BCUT2D eigenvalue weighted by Gasteiger charge is -2.39. The molecule has 2 rings (SSSR count). The van der Waals surface area contributed by atoms with Gasteiger partial charge < -0.3 is 4.74 Å². The van der Waals surface area contributed by atoms with Gasteiger partial charge in [0.25, 0.3) is 0 Å². The first-order valence-corrected chi connectivity index (χ1v) is 7.48. The molecule has 3 unspecified atom stereocenters. The van der Waals surface area contributed by atoms with Crippen LogP contribution in [0.25, 0.3) is 0 Å². The molecule has 0 aromatic rings. The monoisotopic (exact) mass is 252 g/mol. The van der Waals surface area contributed by atoms with Crippen molar-refractivity contribution in [2.75, 3.05) is 6.61 Å². The Labute approximate surface area is 111 Å². The van der Waals surface area contributed by atoms with E-state index in [0.29, 0.717) is 29.8 Å². The van der Waals surface area contributed by atoms with E-state index >= 15 is 0 Å². The molecule has 0 radical (unpaired) electrons. The van der Waals surface area contributed by atoms with Gasteiger partial charge in [-0.1, -0.05) is 27.7 Å². The Morgan fingerprint density at radius 3 is 2.56 bits per heavy atom. The molecule has 0 amide bonds. The molecular weight excluding hydrogens is 224 g/mol. The van der Waals surface area contributed by atoms with Gasteiger partial charge in [-0.25, -0.2) is 0 Å². The highest BCUT2D eigenvalue weighted by atomic mass is 16.5. The van der Waals surface area contributed by atoms with Crippen molar-refractivity contribution < 1.29 is 9.53 Å². The van der Waals surface area contributed by atoms with Gasteiger partial charge in [0.1, 0.15) is 0 Å². The van der Waals surface area contributed by atoms with E-state index in [2.05, 4.69) is 27.7 Å². The topological polar surface area (TPSA) is 26.3 Å². The van der Waals surface area contributed by atoms with E-state index in [0.717, 1.165) is 18.3 Å². The molecule has 18 heavy (non-hydrogen) atoms. The molecule has 2 aliphatic carbocycles. The van der Waals surface area contributed by atoms with Crippen molar-refractivity contribution in [3.8, 4) is 0 Å². The maximum Gasteiger partial charge on any atom is 0.305 e. The summed E-state index contributed by atoms with van der Waals surface area (Å²) in [6.45, 7) is 12.0. The third kappa shape index (κ3) is 2.08. The number of fused-ring (bicyclic) bond motifs is 1. The minimum Gasteiger partial charge on any atom is -0.466 e. The molecule has 0 heterocycles. The first-order chi connectivity index (χ1) is 8.33. The fourth-order valence-corrected chi connectivity index (χ4v) is 4.33. The molecule has 0 saturated heterocycles. The summed E-state index contributed by atoms with van der Waals surface area (Å²) in [4.78, 5) is 11.4. The highest BCUT2D eigenvalue weighted by Gasteiger charge is 2.67. The summed E-state index contributed by atoms with van der Waals surface area (Å²) >= 11 is 0. The van der Waals surface area contributed by atoms with Crippen LogP contribution in [0.1, 0.15) is 60.3 Å².